The highest BCUT2D eigenvalue weighted by molar-refractivity contribution is 7.10. The molecular weight excluding hydrogens is 184 g/mol. The van der Waals surface area contributed by atoms with Crippen LogP contribution in [0.15, 0.2) is 17.5 Å². The van der Waals surface area contributed by atoms with Gasteiger partial charge in [0.2, 0.25) is 5.91 Å². The molecule has 3 nitrogen and oxygen atoms in total. The lowest BCUT2D eigenvalue weighted by molar-refractivity contribution is -0.119. The number of nitrogens with one attached hydrogen (secondary N) is 2. The molecular formula is C9H14N2OS. The molecule has 0 saturated heterocycles. The van der Waals surface area contributed by atoms with Gasteiger partial charge in [0.05, 0.1) is 6.54 Å². The summed E-state index contributed by atoms with van der Waals surface area (Å²) in [6.07, 6.45) is 0. The van der Waals surface area contributed by atoms with Crippen LogP contribution in [0.5, 0.6) is 0 Å². The van der Waals surface area contributed by atoms with Gasteiger partial charge < -0.3 is 10.6 Å². The third kappa shape index (κ3) is 3.16. The van der Waals surface area contributed by atoms with Crippen LogP contribution in [0.2, 0.25) is 0 Å². The lowest BCUT2D eigenvalue weighted by atomic mass is 10.3. The lowest BCUT2D eigenvalue weighted by Gasteiger charge is -2.10. The molecule has 0 aliphatic heterocycles. The molecule has 13 heavy (non-hydrogen) atoms. The number of carbonyl (C=O) groups excluding carboxylic acids is 1. The fourth-order valence-corrected chi connectivity index (χ4v) is 1.73. The Kier molecular flexibility index (Phi) is 3.92. The highest BCUT2D eigenvalue weighted by Gasteiger charge is 2.06. The van der Waals surface area contributed by atoms with Crippen LogP contribution in [0.3, 0.4) is 0 Å². The molecule has 1 amide bonds. The van der Waals surface area contributed by atoms with Gasteiger partial charge in [0.25, 0.3) is 0 Å². The van der Waals surface area contributed by atoms with Gasteiger partial charge in [0.1, 0.15) is 0 Å². The molecule has 1 heterocycles. The fourth-order valence-electron chi connectivity index (χ4n) is 0.972. The first-order valence-corrected chi connectivity index (χ1v) is 5.09. The van der Waals surface area contributed by atoms with E-state index in [2.05, 4.69) is 23.6 Å². The van der Waals surface area contributed by atoms with E-state index in [1.54, 1.807) is 18.4 Å². The number of hydrogen-bond donors (Lipinski definition) is 2. The van der Waals surface area contributed by atoms with Crippen molar-refractivity contribution in [1.29, 1.82) is 0 Å². The van der Waals surface area contributed by atoms with Gasteiger partial charge in [0, 0.05) is 18.0 Å². The van der Waals surface area contributed by atoms with E-state index in [0.29, 0.717) is 6.54 Å². The average Bonchev–Trinajstić information content (AvgIpc) is 2.66. The van der Waals surface area contributed by atoms with Crippen molar-refractivity contribution in [2.45, 2.75) is 13.0 Å². The second kappa shape index (κ2) is 4.99. The number of thiophene rings is 1. The Morgan fingerprint density at radius 2 is 2.46 bits per heavy atom. The molecule has 4 heteroatoms. The monoisotopic (exact) mass is 198 g/mol. The predicted molar refractivity (Wildman–Crippen MR) is 54.8 cm³/mol. The van der Waals surface area contributed by atoms with Gasteiger partial charge in [-0.25, -0.2) is 0 Å². The third-order valence-corrected chi connectivity index (χ3v) is 2.87. The van der Waals surface area contributed by atoms with E-state index in [1.807, 2.05) is 11.4 Å². The highest BCUT2D eigenvalue weighted by Crippen LogP contribution is 2.17. The molecule has 0 saturated carbocycles. The maximum Gasteiger partial charge on any atom is 0.233 e. The maximum atomic E-state index is 10.9. The first-order chi connectivity index (χ1) is 6.24. The van der Waals surface area contributed by atoms with Gasteiger partial charge in [-0.05, 0) is 18.4 Å². The largest absolute Gasteiger partial charge is 0.358 e. The van der Waals surface area contributed by atoms with Crippen molar-refractivity contribution in [3.8, 4) is 0 Å². The number of rotatable bonds is 4. The van der Waals surface area contributed by atoms with E-state index in [1.165, 1.54) is 4.88 Å². The van der Waals surface area contributed by atoms with Crippen LogP contribution >= 0.6 is 11.3 Å². The van der Waals surface area contributed by atoms with Gasteiger partial charge in [0.15, 0.2) is 0 Å². The van der Waals surface area contributed by atoms with E-state index in [9.17, 15) is 4.79 Å². The molecule has 0 aliphatic carbocycles. The minimum absolute atomic E-state index is 0.0170. The first-order valence-electron chi connectivity index (χ1n) is 4.21. The summed E-state index contributed by atoms with van der Waals surface area (Å²) in [4.78, 5) is 12.2. The Morgan fingerprint density at radius 1 is 1.69 bits per heavy atom. The molecule has 1 atom stereocenters. The minimum Gasteiger partial charge on any atom is -0.358 e. The summed E-state index contributed by atoms with van der Waals surface area (Å²) in [6, 6.07) is 4.32. The molecule has 0 spiro atoms. The zero-order valence-electron chi connectivity index (χ0n) is 7.83. The predicted octanol–water partition coefficient (Wildman–Crippen LogP) is 1.14. The molecule has 0 aliphatic rings. The van der Waals surface area contributed by atoms with Crippen LogP contribution in [-0.4, -0.2) is 19.5 Å². The zero-order chi connectivity index (χ0) is 9.68. The Balaban J connectivity index is 2.34. The summed E-state index contributed by atoms with van der Waals surface area (Å²) < 4.78 is 0. The summed E-state index contributed by atoms with van der Waals surface area (Å²) >= 11 is 1.70. The number of hydrogen-bond acceptors (Lipinski definition) is 3. The van der Waals surface area contributed by atoms with Gasteiger partial charge >= 0.3 is 0 Å². The molecule has 0 unspecified atom stereocenters. The molecule has 2 N–H and O–H groups in total. The van der Waals surface area contributed by atoms with E-state index in [0.717, 1.165) is 0 Å². The summed E-state index contributed by atoms with van der Waals surface area (Å²) in [5, 5.41) is 7.74. The molecule has 0 bridgehead atoms. The van der Waals surface area contributed by atoms with Crippen LogP contribution in [0, 0.1) is 0 Å². The Hall–Kier alpha value is -0.870. The van der Waals surface area contributed by atoms with E-state index in [4.69, 9.17) is 0 Å². The van der Waals surface area contributed by atoms with Crippen molar-refractivity contribution in [2.75, 3.05) is 13.6 Å². The van der Waals surface area contributed by atoms with Gasteiger partial charge in [-0.3, -0.25) is 4.79 Å². The summed E-state index contributed by atoms with van der Waals surface area (Å²) in [6.45, 7) is 2.42. The third-order valence-electron chi connectivity index (χ3n) is 1.82. The number of amides is 1. The van der Waals surface area contributed by atoms with E-state index >= 15 is 0 Å². The van der Waals surface area contributed by atoms with Crippen LogP contribution in [0.25, 0.3) is 0 Å². The van der Waals surface area contributed by atoms with E-state index in [-0.39, 0.29) is 11.9 Å². The number of carbonyl (C=O) groups is 1. The maximum absolute atomic E-state index is 10.9. The van der Waals surface area contributed by atoms with Crippen molar-refractivity contribution in [3.05, 3.63) is 22.4 Å². The molecule has 1 aromatic heterocycles. The second-order valence-electron chi connectivity index (χ2n) is 2.79. The van der Waals surface area contributed by atoms with Gasteiger partial charge in [-0.1, -0.05) is 6.07 Å². The van der Waals surface area contributed by atoms with Crippen LogP contribution < -0.4 is 10.6 Å². The van der Waals surface area contributed by atoms with Crippen molar-refractivity contribution in [2.24, 2.45) is 0 Å². The summed E-state index contributed by atoms with van der Waals surface area (Å²) in [7, 11) is 1.64. The van der Waals surface area contributed by atoms with Crippen LogP contribution in [0.4, 0.5) is 0 Å². The van der Waals surface area contributed by atoms with Crippen molar-refractivity contribution < 1.29 is 4.79 Å². The Morgan fingerprint density at radius 3 is 3.00 bits per heavy atom. The fraction of sp³-hybridized carbons (Fsp3) is 0.444. The molecule has 1 aromatic rings. The molecule has 1 rings (SSSR count). The second-order valence-corrected chi connectivity index (χ2v) is 3.77. The van der Waals surface area contributed by atoms with E-state index < -0.39 is 0 Å². The van der Waals surface area contributed by atoms with Crippen LogP contribution in [0.1, 0.15) is 17.8 Å². The number of likely N-dealkylation sites (N-methyl/N-ethyl adjacent to an activating group) is 1. The van der Waals surface area contributed by atoms with Gasteiger partial charge in [-0.2, -0.15) is 0 Å². The Bertz CT molecular complexity index is 259. The Labute approximate surface area is 82.2 Å². The highest BCUT2D eigenvalue weighted by atomic mass is 32.1. The van der Waals surface area contributed by atoms with Crippen molar-refractivity contribution in [3.63, 3.8) is 0 Å². The first kappa shape index (κ1) is 10.2. The molecule has 0 fully saturated rings. The molecule has 0 aromatic carbocycles. The molecule has 0 radical (unpaired) electrons. The summed E-state index contributed by atoms with van der Waals surface area (Å²) in [5.41, 5.74) is 0. The SMILES string of the molecule is CNC(=O)CN[C@@H](C)c1cccs1. The zero-order valence-corrected chi connectivity index (χ0v) is 8.65. The normalized spacial score (nSPS) is 12.5. The van der Waals surface area contributed by atoms with Crippen molar-refractivity contribution in [1.82, 2.24) is 10.6 Å². The lowest BCUT2D eigenvalue weighted by Crippen LogP contribution is -2.32. The van der Waals surface area contributed by atoms with Crippen LogP contribution in [-0.2, 0) is 4.79 Å². The standard InChI is InChI=1S/C9H14N2OS/c1-7(8-4-3-5-13-8)11-6-9(12)10-2/h3-5,7,11H,6H2,1-2H3,(H,10,12)/t7-/m0/s1. The topological polar surface area (TPSA) is 41.1 Å². The average molecular weight is 198 g/mol. The smallest absolute Gasteiger partial charge is 0.233 e. The quantitative estimate of drug-likeness (QED) is 0.762. The van der Waals surface area contributed by atoms with Crippen molar-refractivity contribution >= 4 is 17.2 Å². The molecule has 72 valence electrons. The summed E-state index contributed by atoms with van der Waals surface area (Å²) in [5.74, 6) is 0.0170. The van der Waals surface area contributed by atoms with Gasteiger partial charge in [-0.15, -0.1) is 11.3 Å². The minimum atomic E-state index is 0.0170.